The number of nitrogens with zero attached hydrogens (tertiary/aromatic N) is 6. The van der Waals surface area contributed by atoms with Gasteiger partial charge >= 0.3 is 6.18 Å². The van der Waals surface area contributed by atoms with Crippen molar-refractivity contribution in [1.29, 1.82) is 0 Å². The number of halogens is 3. The molecular formula is C20H18F3N7O. The van der Waals surface area contributed by atoms with Crippen molar-refractivity contribution >= 4 is 11.6 Å². The molecule has 5 rings (SSSR count). The Balaban J connectivity index is 1.49. The van der Waals surface area contributed by atoms with E-state index in [1.54, 1.807) is 24.7 Å². The van der Waals surface area contributed by atoms with Gasteiger partial charge in [0, 0.05) is 30.7 Å². The van der Waals surface area contributed by atoms with E-state index in [1.807, 2.05) is 11.8 Å². The van der Waals surface area contributed by atoms with Crippen LogP contribution in [0, 0.1) is 0 Å². The first-order valence-corrected chi connectivity index (χ1v) is 9.65. The quantitative estimate of drug-likeness (QED) is 0.537. The molecule has 11 heteroatoms. The Morgan fingerprint density at radius 2 is 2.00 bits per heavy atom. The smallest absolute Gasteiger partial charge is 0.367 e. The zero-order valence-corrected chi connectivity index (χ0v) is 16.4. The number of aromatic amines is 1. The number of H-pyrrole nitrogens is 1. The summed E-state index contributed by atoms with van der Waals surface area (Å²) >= 11 is 0. The second-order valence-electron chi connectivity index (χ2n) is 7.40. The first kappa shape index (κ1) is 19.5. The average Bonchev–Trinajstić information content (AvgIpc) is 3.42. The van der Waals surface area contributed by atoms with E-state index in [4.69, 9.17) is 4.74 Å². The predicted molar refractivity (Wildman–Crippen MR) is 105 cm³/mol. The Morgan fingerprint density at radius 3 is 2.77 bits per heavy atom. The van der Waals surface area contributed by atoms with Crippen LogP contribution in [-0.2, 0) is 10.9 Å². The van der Waals surface area contributed by atoms with E-state index < -0.39 is 11.7 Å². The number of pyridine rings is 1. The lowest BCUT2D eigenvalue weighted by Crippen LogP contribution is -2.43. The van der Waals surface area contributed by atoms with Crippen LogP contribution in [0.5, 0.6) is 0 Å². The average molecular weight is 429 g/mol. The van der Waals surface area contributed by atoms with Crippen LogP contribution in [-0.4, -0.2) is 48.7 Å². The zero-order chi connectivity index (χ0) is 21.6. The van der Waals surface area contributed by atoms with Gasteiger partial charge in [0.15, 0.2) is 0 Å². The fraction of sp³-hybridized carbons (Fsp3) is 0.300. The summed E-state index contributed by atoms with van der Waals surface area (Å²) in [5.74, 6) is 0.475. The van der Waals surface area contributed by atoms with Gasteiger partial charge in [-0.25, -0.2) is 15.0 Å². The summed E-state index contributed by atoms with van der Waals surface area (Å²) in [6, 6.07) is 4.01. The summed E-state index contributed by atoms with van der Waals surface area (Å²) < 4.78 is 46.9. The topological polar surface area (TPSA) is 84.2 Å². The molecule has 0 amide bonds. The van der Waals surface area contributed by atoms with Crippen LogP contribution in [0.2, 0.25) is 0 Å². The van der Waals surface area contributed by atoms with E-state index in [-0.39, 0.29) is 12.2 Å². The fourth-order valence-electron chi connectivity index (χ4n) is 3.72. The highest BCUT2D eigenvalue weighted by atomic mass is 19.4. The lowest BCUT2D eigenvalue weighted by atomic mass is 10.1. The molecule has 1 fully saturated rings. The first-order chi connectivity index (χ1) is 14.9. The highest BCUT2D eigenvalue weighted by Gasteiger charge is 2.31. The van der Waals surface area contributed by atoms with Crippen molar-refractivity contribution in [2.24, 2.45) is 0 Å². The Hall–Kier alpha value is -3.47. The zero-order valence-electron chi connectivity index (χ0n) is 16.4. The lowest BCUT2D eigenvalue weighted by Gasteiger charge is -2.36. The van der Waals surface area contributed by atoms with E-state index >= 15 is 0 Å². The highest BCUT2D eigenvalue weighted by molar-refractivity contribution is 5.61. The van der Waals surface area contributed by atoms with Crippen molar-refractivity contribution < 1.29 is 17.9 Å². The van der Waals surface area contributed by atoms with Crippen LogP contribution in [0.4, 0.5) is 19.1 Å². The summed E-state index contributed by atoms with van der Waals surface area (Å²) in [5, 5.41) is 6.76. The largest absolute Gasteiger partial charge is 0.417 e. The van der Waals surface area contributed by atoms with Gasteiger partial charge in [-0.3, -0.25) is 9.50 Å². The number of hydrogen-bond acceptors (Lipinski definition) is 6. The molecule has 0 saturated carbocycles. The predicted octanol–water partition coefficient (Wildman–Crippen LogP) is 3.50. The molecule has 0 radical (unpaired) electrons. The number of ether oxygens (including phenoxy) is 1. The number of morpholine rings is 1. The molecule has 1 aliphatic rings. The summed E-state index contributed by atoms with van der Waals surface area (Å²) in [5.41, 5.74) is 1.52. The van der Waals surface area contributed by atoms with Gasteiger partial charge in [0.2, 0.25) is 5.95 Å². The third-order valence-electron chi connectivity index (χ3n) is 5.17. The summed E-state index contributed by atoms with van der Waals surface area (Å²) in [4.78, 5) is 15.2. The highest BCUT2D eigenvalue weighted by Crippen LogP contribution is 2.31. The number of anilines is 1. The minimum Gasteiger partial charge on any atom is -0.367 e. The molecule has 4 aromatic rings. The number of imidazole rings is 1. The van der Waals surface area contributed by atoms with Crippen LogP contribution in [0.15, 0.2) is 49.2 Å². The Kier molecular flexibility index (Phi) is 4.62. The van der Waals surface area contributed by atoms with Crippen molar-refractivity contribution in [2.75, 3.05) is 18.0 Å². The van der Waals surface area contributed by atoms with Crippen LogP contribution in [0.25, 0.3) is 17.0 Å². The van der Waals surface area contributed by atoms with Gasteiger partial charge < -0.3 is 9.64 Å². The summed E-state index contributed by atoms with van der Waals surface area (Å²) in [6.45, 7) is 3.08. The molecule has 31 heavy (non-hydrogen) atoms. The van der Waals surface area contributed by atoms with Crippen molar-refractivity contribution in [1.82, 2.24) is 29.5 Å². The van der Waals surface area contributed by atoms with Crippen LogP contribution in [0.3, 0.4) is 0 Å². The first-order valence-electron chi connectivity index (χ1n) is 9.65. The molecule has 8 nitrogen and oxygen atoms in total. The van der Waals surface area contributed by atoms with E-state index in [1.165, 1.54) is 16.7 Å². The number of fused-ring (bicyclic) bond motifs is 1. The molecule has 1 aliphatic heterocycles. The third-order valence-corrected chi connectivity index (χ3v) is 5.17. The maximum absolute atomic E-state index is 13.2. The Labute approximate surface area is 174 Å². The number of hydrogen-bond donors (Lipinski definition) is 1. The Bertz CT molecular complexity index is 1210. The molecule has 1 saturated heterocycles. The molecule has 0 bridgehead atoms. The fourth-order valence-corrected chi connectivity index (χ4v) is 3.72. The molecule has 160 valence electrons. The molecular weight excluding hydrogens is 411 g/mol. The van der Waals surface area contributed by atoms with Gasteiger partial charge in [-0.2, -0.15) is 18.3 Å². The van der Waals surface area contributed by atoms with E-state index in [9.17, 15) is 13.2 Å². The maximum atomic E-state index is 13.2. The molecule has 1 N–H and O–H groups in total. The number of rotatable bonds is 3. The van der Waals surface area contributed by atoms with Crippen LogP contribution >= 0.6 is 0 Å². The maximum Gasteiger partial charge on any atom is 0.417 e. The van der Waals surface area contributed by atoms with Crippen molar-refractivity contribution in [3.63, 3.8) is 0 Å². The van der Waals surface area contributed by atoms with Gasteiger partial charge in [-0.15, -0.1) is 0 Å². The van der Waals surface area contributed by atoms with E-state index in [0.717, 1.165) is 17.8 Å². The van der Waals surface area contributed by atoms with Crippen molar-refractivity contribution in [2.45, 2.75) is 25.3 Å². The van der Waals surface area contributed by atoms with Crippen LogP contribution in [0.1, 0.15) is 24.2 Å². The minimum atomic E-state index is -4.45. The van der Waals surface area contributed by atoms with Crippen molar-refractivity contribution in [3.8, 4) is 11.4 Å². The van der Waals surface area contributed by atoms with E-state index in [2.05, 4.69) is 25.1 Å². The minimum absolute atomic E-state index is 0.0638. The van der Waals surface area contributed by atoms with Gasteiger partial charge in [0.25, 0.3) is 0 Å². The third kappa shape index (κ3) is 3.72. The Morgan fingerprint density at radius 1 is 1.13 bits per heavy atom. The van der Waals surface area contributed by atoms with Gasteiger partial charge in [0.1, 0.15) is 11.8 Å². The summed E-state index contributed by atoms with van der Waals surface area (Å²) in [6.07, 6.45) is 2.94. The second kappa shape index (κ2) is 7.34. The van der Waals surface area contributed by atoms with Gasteiger partial charge in [0.05, 0.1) is 42.0 Å². The lowest BCUT2D eigenvalue weighted by molar-refractivity contribution is -0.137. The molecule has 2 unspecified atom stereocenters. The number of nitrogens with one attached hydrogen (secondary N) is 1. The van der Waals surface area contributed by atoms with Crippen LogP contribution < -0.4 is 4.90 Å². The van der Waals surface area contributed by atoms with Gasteiger partial charge in [-0.1, -0.05) is 0 Å². The standard InChI is InChI=1S/C20H18F3N7O/c1-12-9-29(11-17(31-12)13-6-26-27-7-13)19-24-5-4-15(28-19)16-8-25-18-3-2-14(10-30(16)18)20(21,22)23/h2-8,10,12,17H,9,11H2,1H3,(H,26,27). The molecule has 2 atom stereocenters. The monoisotopic (exact) mass is 429 g/mol. The number of alkyl halides is 3. The number of aromatic nitrogens is 6. The molecule has 5 heterocycles. The SMILES string of the molecule is CC1CN(c2nccc(-c3cnc4ccc(C(F)(F)F)cn34)n2)CC(c2cn[nH]c2)O1. The summed E-state index contributed by atoms with van der Waals surface area (Å²) in [7, 11) is 0. The molecule has 0 aliphatic carbocycles. The molecule has 0 spiro atoms. The molecule has 0 aromatic carbocycles. The second-order valence-corrected chi connectivity index (χ2v) is 7.40. The van der Waals surface area contributed by atoms with E-state index in [0.29, 0.717) is 36.1 Å². The normalized spacial score (nSPS) is 19.8. The van der Waals surface area contributed by atoms with Crippen molar-refractivity contribution in [3.05, 3.63) is 60.3 Å². The molecule has 4 aromatic heterocycles. The van der Waals surface area contributed by atoms with Gasteiger partial charge in [-0.05, 0) is 25.1 Å².